The van der Waals surface area contributed by atoms with Crippen molar-refractivity contribution in [3.63, 3.8) is 0 Å². The quantitative estimate of drug-likeness (QED) is 0.861. The standard InChI is InChI=1S/C14H18N2O3/c1-3-11(8-17)14(18)15-7-10-4-5-13-12(6-10)16-9(2)19-13/h4-6,11,17H,3,7-8H2,1-2H3,(H,15,18). The molecule has 0 aliphatic rings. The number of aryl methyl sites for hydroxylation is 1. The molecule has 1 aromatic heterocycles. The van der Waals surface area contributed by atoms with Crippen LogP contribution >= 0.6 is 0 Å². The first kappa shape index (κ1) is 13.5. The molecule has 1 amide bonds. The average molecular weight is 262 g/mol. The number of aliphatic hydroxyl groups is 1. The summed E-state index contributed by atoms with van der Waals surface area (Å²) in [7, 11) is 0. The van der Waals surface area contributed by atoms with E-state index in [9.17, 15) is 4.79 Å². The van der Waals surface area contributed by atoms with Gasteiger partial charge in [0.1, 0.15) is 5.52 Å². The Morgan fingerprint density at radius 2 is 2.32 bits per heavy atom. The van der Waals surface area contributed by atoms with Gasteiger partial charge in [-0.2, -0.15) is 0 Å². The number of fused-ring (bicyclic) bond motifs is 1. The Kier molecular flexibility index (Phi) is 4.16. The Labute approximate surface area is 111 Å². The summed E-state index contributed by atoms with van der Waals surface area (Å²) >= 11 is 0. The van der Waals surface area contributed by atoms with Gasteiger partial charge in [0.25, 0.3) is 0 Å². The zero-order chi connectivity index (χ0) is 13.8. The molecule has 0 saturated heterocycles. The second-order valence-electron chi connectivity index (χ2n) is 4.54. The van der Waals surface area contributed by atoms with Crippen molar-refractivity contribution in [1.82, 2.24) is 10.3 Å². The van der Waals surface area contributed by atoms with Gasteiger partial charge in [-0.05, 0) is 24.1 Å². The highest BCUT2D eigenvalue weighted by Gasteiger charge is 2.14. The molecule has 0 bridgehead atoms. The van der Waals surface area contributed by atoms with Crippen LogP contribution in [0.3, 0.4) is 0 Å². The van der Waals surface area contributed by atoms with Crippen molar-refractivity contribution < 1.29 is 14.3 Å². The van der Waals surface area contributed by atoms with Crippen molar-refractivity contribution in [2.45, 2.75) is 26.8 Å². The molecule has 5 nitrogen and oxygen atoms in total. The highest BCUT2D eigenvalue weighted by atomic mass is 16.3. The molecular weight excluding hydrogens is 244 g/mol. The minimum Gasteiger partial charge on any atom is -0.441 e. The Hall–Kier alpha value is -1.88. The Morgan fingerprint density at radius 1 is 1.53 bits per heavy atom. The molecule has 102 valence electrons. The van der Waals surface area contributed by atoms with E-state index in [1.165, 1.54) is 0 Å². The Morgan fingerprint density at radius 3 is 3.00 bits per heavy atom. The zero-order valence-corrected chi connectivity index (χ0v) is 11.1. The monoisotopic (exact) mass is 262 g/mol. The summed E-state index contributed by atoms with van der Waals surface area (Å²) < 4.78 is 5.39. The van der Waals surface area contributed by atoms with Crippen LogP contribution in [0.2, 0.25) is 0 Å². The maximum absolute atomic E-state index is 11.7. The SMILES string of the molecule is CCC(CO)C(=O)NCc1ccc2oc(C)nc2c1. The maximum atomic E-state index is 11.7. The molecule has 0 saturated carbocycles. The summed E-state index contributed by atoms with van der Waals surface area (Å²) in [5.74, 6) is 0.168. The van der Waals surface area contributed by atoms with Crippen molar-refractivity contribution in [1.29, 1.82) is 0 Å². The minimum absolute atomic E-state index is 0.121. The van der Waals surface area contributed by atoms with E-state index in [1.807, 2.05) is 25.1 Å². The molecular formula is C14H18N2O3. The van der Waals surface area contributed by atoms with E-state index in [1.54, 1.807) is 6.92 Å². The number of hydrogen-bond acceptors (Lipinski definition) is 4. The molecule has 1 heterocycles. The van der Waals surface area contributed by atoms with Crippen molar-refractivity contribution in [3.05, 3.63) is 29.7 Å². The Balaban J connectivity index is 2.03. The molecule has 2 N–H and O–H groups in total. The van der Waals surface area contributed by atoms with Crippen LogP contribution in [0, 0.1) is 12.8 Å². The topological polar surface area (TPSA) is 75.4 Å². The molecule has 0 spiro atoms. The lowest BCUT2D eigenvalue weighted by atomic mass is 10.1. The van der Waals surface area contributed by atoms with Crippen LogP contribution in [0.25, 0.3) is 11.1 Å². The van der Waals surface area contributed by atoms with Crippen LogP contribution in [-0.4, -0.2) is 22.6 Å². The third kappa shape index (κ3) is 3.12. The van der Waals surface area contributed by atoms with Crippen molar-refractivity contribution in [3.8, 4) is 0 Å². The molecule has 19 heavy (non-hydrogen) atoms. The summed E-state index contributed by atoms with van der Waals surface area (Å²) in [5, 5.41) is 11.9. The molecule has 0 aliphatic heterocycles. The molecule has 0 aliphatic carbocycles. The largest absolute Gasteiger partial charge is 0.441 e. The summed E-state index contributed by atoms with van der Waals surface area (Å²) in [4.78, 5) is 16.0. The van der Waals surface area contributed by atoms with Crippen LogP contribution in [0.4, 0.5) is 0 Å². The first-order valence-corrected chi connectivity index (χ1v) is 6.38. The fourth-order valence-electron chi connectivity index (χ4n) is 1.93. The van der Waals surface area contributed by atoms with Gasteiger partial charge in [0.2, 0.25) is 5.91 Å². The molecule has 0 fully saturated rings. The van der Waals surface area contributed by atoms with Crippen LogP contribution < -0.4 is 5.32 Å². The van der Waals surface area contributed by atoms with Crippen molar-refractivity contribution in [2.24, 2.45) is 5.92 Å². The number of carbonyl (C=O) groups excluding carboxylic acids is 1. The van der Waals surface area contributed by atoms with E-state index in [4.69, 9.17) is 9.52 Å². The third-order valence-electron chi connectivity index (χ3n) is 3.11. The Bertz CT molecular complexity index is 573. The van der Waals surface area contributed by atoms with Crippen LogP contribution in [0.15, 0.2) is 22.6 Å². The van der Waals surface area contributed by atoms with Gasteiger partial charge < -0.3 is 14.8 Å². The number of benzene rings is 1. The number of hydrogen-bond donors (Lipinski definition) is 2. The van der Waals surface area contributed by atoms with Gasteiger partial charge in [0, 0.05) is 13.5 Å². The predicted octanol–water partition coefficient (Wildman–Crippen LogP) is 1.77. The van der Waals surface area contributed by atoms with E-state index in [-0.39, 0.29) is 18.4 Å². The molecule has 1 unspecified atom stereocenters. The van der Waals surface area contributed by atoms with E-state index < -0.39 is 0 Å². The predicted molar refractivity (Wildman–Crippen MR) is 71.5 cm³/mol. The number of nitrogens with one attached hydrogen (secondary N) is 1. The second kappa shape index (κ2) is 5.84. The summed E-state index contributed by atoms with van der Waals surface area (Å²) in [6, 6.07) is 5.64. The highest BCUT2D eigenvalue weighted by molar-refractivity contribution is 5.79. The van der Waals surface area contributed by atoms with Crippen LogP contribution in [-0.2, 0) is 11.3 Å². The molecule has 1 aromatic carbocycles. The first-order valence-electron chi connectivity index (χ1n) is 6.38. The molecule has 5 heteroatoms. The van der Waals surface area contributed by atoms with Gasteiger partial charge in [-0.1, -0.05) is 13.0 Å². The van der Waals surface area contributed by atoms with Crippen molar-refractivity contribution >= 4 is 17.0 Å². The van der Waals surface area contributed by atoms with E-state index in [0.717, 1.165) is 16.7 Å². The van der Waals surface area contributed by atoms with Gasteiger partial charge in [-0.25, -0.2) is 4.98 Å². The number of nitrogens with zero attached hydrogens (tertiary/aromatic N) is 1. The van der Waals surface area contributed by atoms with E-state index in [2.05, 4.69) is 10.3 Å². The molecule has 0 radical (unpaired) electrons. The zero-order valence-electron chi connectivity index (χ0n) is 11.1. The summed E-state index contributed by atoms with van der Waals surface area (Å²) in [6.45, 7) is 3.99. The summed E-state index contributed by atoms with van der Waals surface area (Å²) in [6.07, 6.45) is 0.629. The lowest BCUT2D eigenvalue weighted by Crippen LogP contribution is -2.31. The van der Waals surface area contributed by atoms with E-state index in [0.29, 0.717) is 18.9 Å². The number of oxazole rings is 1. The van der Waals surface area contributed by atoms with Gasteiger partial charge in [-0.15, -0.1) is 0 Å². The maximum Gasteiger partial charge on any atom is 0.225 e. The molecule has 2 rings (SSSR count). The lowest BCUT2D eigenvalue weighted by Gasteiger charge is -2.11. The number of aliphatic hydroxyl groups excluding tert-OH is 1. The smallest absolute Gasteiger partial charge is 0.225 e. The highest BCUT2D eigenvalue weighted by Crippen LogP contribution is 2.16. The fourth-order valence-corrected chi connectivity index (χ4v) is 1.93. The average Bonchev–Trinajstić information content (AvgIpc) is 2.77. The number of carbonyl (C=O) groups is 1. The summed E-state index contributed by atoms with van der Waals surface area (Å²) in [5.41, 5.74) is 2.50. The number of rotatable bonds is 5. The van der Waals surface area contributed by atoms with Crippen LogP contribution in [0.1, 0.15) is 24.8 Å². The lowest BCUT2D eigenvalue weighted by molar-refractivity contribution is -0.126. The fraction of sp³-hybridized carbons (Fsp3) is 0.429. The van der Waals surface area contributed by atoms with Gasteiger partial charge >= 0.3 is 0 Å². The number of amides is 1. The third-order valence-corrected chi connectivity index (χ3v) is 3.11. The van der Waals surface area contributed by atoms with Gasteiger partial charge in [0.15, 0.2) is 11.5 Å². The second-order valence-corrected chi connectivity index (χ2v) is 4.54. The van der Waals surface area contributed by atoms with Gasteiger partial charge in [0.05, 0.1) is 12.5 Å². The number of aromatic nitrogens is 1. The normalized spacial score (nSPS) is 12.6. The van der Waals surface area contributed by atoms with E-state index >= 15 is 0 Å². The van der Waals surface area contributed by atoms with Crippen LogP contribution in [0.5, 0.6) is 0 Å². The molecule has 2 aromatic rings. The minimum atomic E-state index is -0.335. The van der Waals surface area contributed by atoms with Crippen molar-refractivity contribution in [2.75, 3.05) is 6.61 Å². The molecule has 1 atom stereocenters. The first-order chi connectivity index (χ1) is 9.13. The van der Waals surface area contributed by atoms with Gasteiger partial charge in [-0.3, -0.25) is 4.79 Å².